The zero-order valence-corrected chi connectivity index (χ0v) is 19.4. The first-order chi connectivity index (χ1) is 14.7. The maximum atomic E-state index is 12.6. The highest BCUT2D eigenvalue weighted by atomic mass is 79.9. The summed E-state index contributed by atoms with van der Waals surface area (Å²) < 4.78 is 29.7. The maximum absolute atomic E-state index is 12.6. The van der Waals surface area contributed by atoms with Crippen molar-refractivity contribution in [1.82, 2.24) is 19.3 Å². The lowest BCUT2D eigenvalue weighted by Gasteiger charge is -2.10. The summed E-state index contributed by atoms with van der Waals surface area (Å²) in [4.78, 5) is 21.5. The van der Waals surface area contributed by atoms with Crippen LogP contribution in [0.3, 0.4) is 0 Å². The van der Waals surface area contributed by atoms with Gasteiger partial charge in [0.2, 0.25) is 0 Å². The minimum atomic E-state index is -4.01. The van der Waals surface area contributed by atoms with Crippen LogP contribution in [0.25, 0.3) is 11.2 Å². The zero-order chi connectivity index (χ0) is 22.2. The second-order valence-corrected chi connectivity index (χ2v) is 9.77. The molecule has 0 aliphatic rings. The number of benzene rings is 2. The third-order valence-corrected chi connectivity index (χ3v) is 6.83. The Morgan fingerprint density at radius 3 is 2.55 bits per heavy atom. The normalized spacial score (nSPS) is 11.6. The molecule has 10 heteroatoms. The van der Waals surface area contributed by atoms with E-state index in [2.05, 4.69) is 30.6 Å². The lowest BCUT2D eigenvalue weighted by molar-refractivity contribution is 0.0977. The molecule has 31 heavy (non-hydrogen) atoms. The molecule has 0 spiro atoms. The van der Waals surface area contributed by atoms with Crippen LogP contribution in [0.5, 0.6) is 0 Å². The van der Waals surface area contributed by atoms with Gasteiger partial charge in [-0.2, -0.15) is 0 Å². The van der Waals surface area contributed by atoms with Crippen molar-refractivity contribution >= 4 is 54.6 Å². The molecule has 0 atom stereocenters. The molecule has 2 aromatic heterocycles. The standard InChI is InChI=1S/C21H16BrClN4O3S/c1-13-24-18-9-10-19(21(28)26-31(29,30)16-5-3-2-4-6-16)25-20(18)27(13)12-14-7-8-15(22)11-17(14)23/h2-11H,12H2,1H3,(H,26,28). The molecule has 2 aromatic carbocycles. The Bertz CT molecular complexity index is 1410. The molecule has 4 aromatic rings. The van der Waals surface area contributed by atoms with Gasteiger partial charge in [-0.25, -0.2) is 23.1 Å². The molecule has 7 nitrogen and oxygen atoms in total. The third-order valence-electron chi connectivity index (χ3n) is 4.64. The van der Waals surface area contributed by atoms with Crippen molar-refractivity contribution in [1.29, 1.82) is 0 Å². The molecule has 0 saturated carbocycles. The lowest BCUT2D eigenvalue weighted by Crippen LogP contribution is -2.31. The Balaban J connectivity index is 1.67. The number of sulfonamides is 1. The minimum Gasteiger partial charge on any atom is -0.308 e. The van der Waals surface area contributed by atoms with Gasteiger partial charge >= 0.3 is 0 Å². The number of halogens is 2. The number of carbonyl (C=O) groups excluding carboxylic acids is 1. The number of fused-ring (bicyclic) bond motifs is 1. The molecule has 158 valence electrons. The highest BCUT2D eigenvalue weighted by molar-refractivity contribution is 9.10. The van der Waals surface area contributed by atoms with E-state index in [0.717, 1.165) is 10.0 Å². The predicted octanol–water partition coefficient (Wildman–Crippen LogP) is 4.32. The van der Waals surface area contributed by atoms with Crippen molar-refractivity contribution in [3.63, 3.8) is 0 Å². The number of aromatic nitrogens is 3. The van der Waals surface area contributed by atoms with Crippen LogP contribution in [0, 0.1) is 6.92 Å². The van der Waals surface area contributed by atoms with Crippen molar-refractivity contribution < 1.29 is 13.2 Å². The number of rotatable bonds is 5. The molecule has 0 bridgehead atoms. The van der Waals surface area contributed by atoms with Crippen LogP contribution in [0.2, 0.25) is 5.02 Å². The lowest BCUT2D eigenvalue weighted by atomic mass is 10.2. The van der Waals surface area contributed by atoms with Crippen molar-refractivity contribution in [2.45, 2.75) is 18.4 Å². The quantitative estimate of drug-likeness (QED) is 0.424. The first-order valence-electron chi connectivity index (χ1n) is 9.14. The van der Waals surface area contributed by atoms with Crippen LogP contribution in [-0.2, 0) is 16.6 Å². The highest BCUT2D eigenvalue weighted by Gasteiger charge is 2.21. The summed E-state index contributed by atoms with van der Waals surface area (Å²) in [5.74, 6) is -0.131. The SMILES string of the molecule is Cc1nc2ccc(C(=O)NS(=O)(=O)c3ccccc3)nc2n1Cc1ccc(Br)cc1Cl. The number of nitrogens with one attached hydrogen (secondary N) is 1. The van der Waals surface area contributed by atoms with Gasteiger partial charge in [0, 0.05) is 9.50 Å². The van der Waals surface area contributed by atoms with E-state index >= 15 is 0 Å². The summed E-state index contributed by atoms with van der Waals surface area (Å²) in [5.41, 5.74) is 1.88. The zero-order valence-electron chi connectivity index (χ0n) is 16.2. The molecule has 0 unspecified atom stereocenters. The first kappa shape index (κ1) is 21.5. The summed E-state index contributed by atoms with van der Waals surface area (Å²) >= 11 is 9.73. The van der Waals surface area contributed by atoms with Gasteiger partial charge in [0.05, 0.1) is 11.4 Å². The molecule has 0 aliphatic heterocycles. The number of imidazole rings is 1. The molecule has 4 rings (SSSR count). The van der Waals surface area contributed by atoms with Crippen LogP contribution in [-0.4, -0.2) is 28.9 Å². The average Bonchev–Trinajstić information content (AvgIpc) is 3.04. The average molecular weight is 520 g/mol. The number of carbonyl (C=O) groups is 1. The van der Waals surface area contributed by atoms with Gasteiger partial charge in [0.25, 0.3) is 15.9 Å². The number of pyridine rings is 1. The number of hydrogen-bond acceptors (Lipinski definition) is 5. The van der Waals surface area contributed by atoms with Gasteiger partial charge in [-0.05, 0) is 48.9 Å². The largest absolute Gasteiger partial charge is 0.308 e. The molecule has 1 N–H and O–H groups in total. The Morgan fingerprint density at radius 2 is 1.84 bits per heavy atom. The van der Waals surface area contributed by atoms with Crippen LogP contribution < -0.4 is 4.72 Å². The van der Waals surface area contributed by atoms with Gasteiger partial charge < -0.3 is 4.57 Å². The molecular formula is C21H16BrClN4O3S. The summed E-state index contributed by atoms with van der Waals surface area (Å²) in [7, 11) is -4.01. The van der Waals surface area contributed by atoms with E-state index in [-0.39, 0.29) is 10.6 Å². The van der Waals surface area contributed by atoms with E-state index in [0.29, 0.717) is 28.6 Å². The molecular weight excluding hydrogens is 504 g/mol. The van der Waals surface area contributed by atoms with E-state index in [1.807, 2.05) is 23.6 Å². The van der Waals surface area contributed by atoms with Crippen molar-refractivity contribution in [3.05, 3.63) is 87.2 Å². The Labute approximate surface area is 192 Å². The number of aryl methyl sites for hydroxylation is 1. The van der Waals surface area contributed by atoms with E-state index in [9.17, 15) is 13.2 Å². The Hall–Kier alpha value is -2.75. The Morgan fingerprint density at radius 1 is 1.10 bits per heavy atom. The van der Waals surface area contributed by atoms with Crippen LogP contribution in [0.1, 0.15) is 21.9 Å². The number of nitrogens with zero attached hydrogens (tertiary/aromatic N) is 3. The fourth-order valence-electron chi connectivity index (χ4n) is 3.08. The molecule has 0 saturated heterocycles. The topological polar surface area (TPSA) is 93.9 Å². The second kappa shape index (κ2) is 8.41. The van der Waals surface area contributed by atoms with E-state index in [4.69, 9.17) is 11.6 Å². The van der Waals surface area contributed by atoms with E-state index < -0.39 is 15.9 Å². The van der Waals surface area contributed by atoms with Gasteiger partial charge in [0.15, 0.2) is 5.65 Å². The second-order valence-electron chi connectivity index (χ2n) is 6.77. The summed E-state index contributed by atoms with van der Waals surface area (Å²) in [5, 5.41) is 0.582. The smallest absolute Gasteiger partial charge is 0.283 e. The molecule has 0 aliphatic carbocycles. The molecule has 1 amide bonds. The molecule has 0 radical (unpaired) electrons. The van der Waals surface area contributed by atoms with Gasteiger partial charge in [-0.3, -0.25) is 4.79 Å². The summed E-state index contributed by atoms with van der Waals surface area (Å²) in [6.45, 7) is 2.23. The predicted molar refractivity (Wildman–Crippen MR) is 122 cm³/mol. The number of amides is 1. The van der Waals surface area contributed by atoms with Crippen molar-refractivity contribution in [3.8, 4) is 0 Å². The van der Waals surface area contributed by atoms with Gasteiger partial charge in [0.1, 0.15) is 17.0 Å². The van der Waals surface area contributed by atoms with E-state index in [1.165, 1.54) is 18.2 Å². The van der Waals surface area contributed by atoms with Crippen LogP contribution in [0.15, 0.2) is 70.0 Å². The molecule has 2 heterocycles. The highest BCUT2D eigenvalue weighted by Crippen LogP contribution is 2.24. The van der Waals surface area contributed by atoms with Crippen LogP contribution >= 0.6 is 27.5 Å². The van der Waals surface area contributed by atoms with Gasteiger partial charge in [-0.15, -0.1) is 0 Å². The fourth-order valence-corrected chi connectivity index (χ4v) is 4.80. The third kappa shape index (κ3) is 4.48. The van der Waals surface area contributed by atoms with Crippen molar-refractivity contribution in [2.24, 2.45) is 0 Å². The summed E-state index contributed by atoms with van der Waals surface area (Å²) in [6.07, 6.45) is 0. The Kier molecular flexibility index (Phi) is 5.83. The number of hydrogen-bond donors (Lipinski definition) is 1. The monoisotopic (exact) mass is 518 g/mol. The fraction of sp³-hybridized carbons (Fsp3) is 0.0952. The van der Waals surface area contributed by atoms with Crippen LogP contribution in [0.4, 0.5) is 0 Å². The van der Waals surface area contributed by atoms with Gasteiger partial charge in [-0.1, -0.05) is 51.8 Å². The van der Waals surface area contributed by atoms with Crippen molar-refractivity contribution in [2.75, 3.05) is 0 Å². The minimum absolute atomic E-state index is 0.00445. The van der Waals surface area contributed by atoms with E-state index in [1.54, 1.807) is 30.3 Å². The summed E-state index contributed by atoms with van der Waals surface area (Å²) in [6, 6.07) is 16.3. The molecule has 0 fully saturated rings. The maximum Gasteiger partial charge on any atom is 0.283 e. The first-order valence-corrected chi connectivity index (χ1v) is 11.8.